The van der Waals surface area contributed by atoms with Gasteiger partial charge < -0.3 is 19.7 Å². The predicted octanol–water partition coefficient (Wildman–Crippen LogP) is 2.26. The molecule has 0 aliphatic carbocycles. The number of carbonyl (C=O) groups is 2. The number of hydrogen-bond acceptors (Lipinski definition) is 6. The van der Waals surface area contributed by atoms with E-state index in [1.54, 1.807) is 13.0 Å². The van der Waals surface area contributed by atoms with Gasteiger partial charge in [0.1, 0.15) is 23.2 Å². The number of ether oxygens (including phenoxy) is 2. The first-order valence-electron chi connectivity index (χ1n) is 8.04. The third kappa shape index (κ3) is 3.76. The van der Waals surface area contributed by atoms with Crippen LogP contribution in [0.15, 0.2) is 24.3 Å². The fraction of sp³-hybridized carbons (Fsp3) is 0.444. The molecule has 2 heterocycles. The maximum absolute atomic E-state index is 12.4. The molecule has 6 nitrogen and oxygen atoms in total. The van der Waals surface area contributed by atoms with Crippen molar-refractivity contribution in [2.75, 3.05) is 0 Å². The highest BCUT2D eigenvalue weighted by Crippen LogP contribution is 2.33. The summed E-state index contributed by atoms with van der Waals surface area (Å²) < 4.78 is 10.9. The molecule has 1 saturated heterocycles. The smallest absolute Gasteiger partial charge is 0.342 e. The van der Waals surface area contributed by atoms with E-state index in [1.807, 2.05) is 0 Å². The summed E-state index contributed by atoms with van der Waals surface area (Å²) in [5, 5.41) is 19.7. The molecule has 0 saturated carbocycles. The van der Waals surface area contributed by atoms with Gasteiger partial charge in [0, 0.05) is 18.9 Å². The van der Waals surface area contributed by atoms with Gasteiger partial charge in [0.25, 0.3) is 0 Å². The van der Waals surface area contributed by atoms with Crippen molar-refractivity contribution in [1.29, 1.82) is 0 Å². The fourth-order valence-electron chi connectivity index (χ4n) is 3.02. The molecule has 24 heavy (non-hydrogen) atoms. The van der Waals surface area contributed by atoms with Gasteiger partial charge in [0.2, 0.25) is 0 Å². The van der Waals surface area contributed by atoms with Gasteiger partial charge in [-0.25, -0.2) is 4.79 Å². The normalized spacial score (nSPS) is 29.0. The van der Waals surface area contributed by atoms with Crippen LogP contribution in [0.1, 0.15) is 42.1 Å². The number of carbonyl (C=O) groups excluding carboxylic acids is 2. The minimum Gasteiger partial charge on any atom is -0.508 e. The summed E-state index contributed by atoms with van der Waals surface area (Å²) in [6.07, 6.45) is 5.14. The number of allylic oxidation sites excluding steroid dienone is 2. The van der Waals surface area contributed by atoms with Gasteiger partial charge in [-0.2, -0.15) is 0 Å². The van der Waals surface area contributed by atoms with E-state index in [9.17, 15) is 19.8 Å². The first-order chi connectivity index (χ1) is 11.4. The lowest BCUT2D eigenvalue weighted by Gasteiger charge is -2.15. The van der Waals surface area contributed by atoms with Crippen LogP contribution in [0.25, 0.3) is 0 Å². The summed E-state index contributed by atoms with van der Waals surface area (Å²) >= 11 is 0. The molecule has 6 heteroatoms. The molecule has 2 aliphatic heterocycles. The number of phenolic OH excluding ortho intramolecular Hbond substituents is 2. The summed E-state index contributed by atoms with van der Waals surface area (Å²) in [6.45, 7) is 1.77. The van der Waals surface area contributed by atoms with Crippen molar-refractivity contribution in [1.82, 2.24) is 0 Å². The lowest BCUT2D eigenvalue weighted by atomic mass is 9.99. The highest BCUT2D eigenvalue weighted by molar-refractivity contribution is 5.98. The zero-order chi connectivity index (χ0) is 17.3. The average Bonchev–Trinajstić information content (AvgIpc) is 3.19. The van der Waals surface area contributed by atoms with Gasteiger partial charge in [-0.1, -0.05) is 6.08 Å². The highest BCUT2D eigenvalue weighted by Gasteiger charge is 2.39. The lowest BCUT2D eigenvalue weighted by molar-refractivity contribution is -0.114. The molecule has 2 N–H and O–H groups in total. The van der Waals surface area contributed by atoms with Crippen LogP contribution >= 0.6 is 0 Å². The Balaban J connectivity index is 1.92. The molecule has 128 valence electrons. The number of cyclic esters (lactones) is 1. The summed E-state index contributed by atoms with van der Waals surface area (Å²) in [4.78, 5) is 24.5. The number of aromatic hydroxyl groups is 2. The first kappa shape index (κ1) is 16.5. The van der Waals surface area contributed by atoms with Crippen molar-refractivity contribution in [2.24, 2.45) is 0 Å². The van der Waals surface area contributed by atoms with Crippen LogP contribution in [0.3, 0.4) is 0 Å². The molecule has 0 aromatic heterocycles. The maximum Gasteiger partial charge on any atom is 0.342 e. The zero-order valence-corrected chi connectivity index (χ0v) is 13.4. The Bertz CT molecular complexity index is 693. The van der Waals surface area contributed by atoms with Crippen LogP contribution in [0.4, 0.5) is 0 Å². The summed E-state index contributed by atoms with van der Waals surface area (Å²) in [5.41, 5.74) is 0.170. The van der Waals surface area contributed by atoms with Crippen LogP contribution in [0, 0.1) is 0 Å². The van der Waals surface area contributed by atoms with Gasteiger partial charge in [0.05, 0.1) is 12.2 Å². The van der Waals surface area contributed by atoms with Crippen LogP contribution in [0.2, 0.25) is 0 Å². The quantitative estimate of drug-likeness (QED) is 0.559. The van der Waals surface area contributed by atoms with E-state index in [-0.39, 0.29) is 47.4 Å². The molecule has 1 aromatic rings. The van der Waals surface area contributed by atoms with E-state index in [2.05, 4.69) is 0 Å². The second-order valence-corrected chi connectivity index (χ2v) is 6.29. The summed E-state index contributed by atoms with van der Waals surface area (Å²) in [5.74, 6) is -1.53. The van der Waals surface area contributed by atoms with Crippen molar-refractivity contribution in [3.05, 3.63) is 35.4 Å². The highest BCUT2D eigenvalue weighted by atomic mass is 16.6. The van der Waals surface area contributed by atoms with Gasteiger partial charge >= 0.3 is 5.97 Å². The van der Waals surface area contributed by atoms with Crippen molar-refractivity contribution in [3.63, 3.8) is 0 Å². The van der Waals surface area contributed by atoms with E-state index >= 15 is 0 Å². The van der Waals surface area contributed by atoms with Crippen LogP contribution in [-0.2, 0) is 20.7 Å². The molecule has 3 atom stereocenters. The van der Waals surface area contributed by atoms with E-state index in [0.29, 0.717) is 6.42 Å². The molecule has 2 aliphatic rings. The van der Waals surface area contributed by atoms with Gasteiger partial charge in [-0.15, -0.1) is 0 Å². The Hall–Kier alpha value is -2.34. The lowest BCUT2D eigenvalue weighted by Crippen LogP contribution is -2.19. The predicted molar refractivity (Wildman–Crippen MR) is 85.0 cm³/mol. The fourth-order valence-corrected chi connectivity index (χ4v) is 3.02. The van der Waals surface area contributed by atoms with Gasteiger partial charge in [-0.05, 0) is 37.5 Å². The molecular formula is C18H20O6. The Labute approximate surface area is 139 Å². The number of hydrogen-bond donors (Lipinski definition) is 2. The second-order valence-electron chi connectivity index (χ2n) is 6.29. The Kier molecular flexibility index (Phi) is 4.57. The molecule has 0 radical (unpaired) electrons. The molecular weight excluding hydrogens is 312 g/mol. The minimum atomic E-state index is -0.707. The van der Waals surface area contributed by atoms with E-state index in [1.165, 1.54) is 12.1 Å². The van der Waals surface area contributed by atoms with E-state index in [4.69, 9.17) is 9.47 Å². The van der Waals surface area contributed by atoms with Crippen molar-refractivity contribution >= 4 is 11.8 Å². The van der Waals surface area contributed by atoms with Crippen LogP contribution in [-0.4, -0.2) is 40.3 Å². The van der Waals surface area contributed by atoms with Crippen molar-refractivity contribution in [3.8, 4) is 11.5 Å². The van der Waals surface area contributed by atoms with E-state index < -0.39 is 11.7 Å². The number of phenols is 2. The molecule has 0 bridgehead atoms. The molecule has 3 rings (SSSR count). The molecule has 0 amide bonds. The van der Waals surface area contributed by atoms with Crippen LogP contribution < -0.4 is 0 Å². The Morgan fingerprint density at radius 1 is 1.17 bits per heavy atom. The van der Waals surface area contributed by atoms with Crippen molar-refractivity contribution in [2.45, 2.75) is 50.9 Å². The minimum absolute atomic E-state index is 0.0627. The third-order valence-corrected chi connectivity index (χ3v) is 4.23. The number of ketones is 1. The third-order valence-electron chi connectivity index (χ3n) is 4.23. The average molecular weight is 332 g/mol. The summed E-state index contributed by atoms with van der Waals surface area (Å²) in [7, 11) is 0. The van der Waals surface area contributed by atoms with Crippen molar-refractivity contribution < 1.29 is 29.3 Å². The Morgan fingerprint density at radius 3 is 2.75 bits per heavy atom. The molecule has 1 fully saturated rings. The number of benzene rings is 1. The topological polar surface area (TPSA) is 96.4 Å². The SMILES string of the molecule is C[C@H]1CC2OC2CC/C=C/C(=O)Cc2cc(O)cc(O)c2C(=O)O1. The number of epoxide rings is 1. The van der Waals surface area contributed by atoms with E-state index in [0.717, 1.165) is 18.9 Å². The standard InChI is InChI=1S/C18H20O6/c1-10-6-16-15(24-16)5-3-2-4-12(19)7-11-8-13(20)9-14(21)17(11)18(22)23-10/h2,4,8-10,15-16,20-21H,3,5-7H2,1H3/b4-2+/t10-,15?,16?/m0/s1. The number of rotatable bonds is 0. The Morgan fingerprint density at radius 2 is 1.96 bits per heavy atom. The zero-order valence-electron chi connectivity index (χ0n) is 13.4. The van der Waals surface area contributed by atoms with Gasteiger partial charge in [-0.3, -0.25) is 4.79 Å². The first-order valence-corrected chi connectivity index (χ1v) is 8.04. The maximum atomic E-state index is 12.4. The summed E-state index contributed by atoms with van der Waals surface area (Å²) in [6, 6.07) is 2.37. The largest absolute Gasteiger partial charge is 0.508 e. The molecule has 0 spiro atoms. The van der Waals surface area contributed by atoms with Gasteiger partial charge in [0.15, 0.2) is 5.78 Å². The monoisotopic (exact) mass is 332 g/mol. The second kappa shape index (κ2) is 6.65. The molecule has 1 aromatic carbocycles. The number of esters is 1. The van der Waals surface area contributed by atoms with Crippen LogP contribution in [0.5, 0.6) is 11.5 Å². The molecule has 2 unspecified atom stereocenters. The number of fused-ring (bicyclic) bond motifs is 2.